The lowest BCUT2D eigenvalue weighted by molar-refractivity contribution is 0.0182. The van der Waals surface area contributed by atoms with Crippen LogP contribution in [-0.4, -0.2) is 42.3 Å². The molecule has 2 fully saturated rings. The highest BCUT2D eigenvalue weighted by molar-refractivity contribution is 5.68. The minimum atomic E-state index is -0.398. The Labute approximate surface area is 142 Å². The summed E-state index contributed by atoms with van der Waals surface area (Å²) in [4.78, 5) is 13.9. The van der Waals surface area contributed by atoms with Crippen LogP contribution in [0.1, 0.15) is 72.6 Å². The van der Waals surface area contributed by atoms with E-state index >= 15 is 0 Å². The summed E-state index contributed by atoms with van der Waals surface area (Å²) in [7, 11) is 0. The van der Waals surface area contributed by atoms with Crippen LogP contribution in [0.3, 0.4) is 0 Å². The fourth-order valence-electron chi connectivity index (χ4n) is 3.80. The molecule has 0 aromatic rings. The number of ether oxygens (including phenoxy) is 1. The van der Waals surface area contributed by atoms with Gasteiger partial charge in [0.25, 0.3) is 0 Å². The lowest BCUT2D eigenvalue weighted by Gasteiger charge is -2.35. The summed E-state index contributed by atoms with van der Waals surface area (Å²) in [6, 6.07) is 0.638. The molecule has 0 unspecified atom stereocenters. The Bertz CT molecular complexity index is 364. The van der Waals surface area contributed by atoms with Crippen LogP contribution in [-0.2, 0) is 4.74 Å². The van der Waals surface area contributed by atoms with E-state index in [1.807, 2.05) is 25.7 Å². The number of nitrogens with one attached hydrogen (secondary N) is 1. The van der Waals surface area contributed by atoms with Crippen molar-refractivity contribution in [1.82, 2.24) is 10.2 Å². The molecular weight excluding hydrogens is 288 g/mol. The third kappa shape index (κ3) is 6.33. The van der Waals surface area contributed by atoms with Crippen molar-refractivity contribution in [3.63, 3.8) is 0 Å². The summed E-state index contributed by atoms with van der Waals surface area (Å²) in [5.74, 6) is 1.56. The Morgan fingerprint density at radius 1 is 1.13 bits per heavy atom. The van der Waals surface area contributed by atoms with E-state index in [1.54, 1.807) is 0 Å². The first kappa shape index (κ1) is 18.6. The second-order valence-corrected chi connectivity index (χ2v) is 8.51. The van der Waals surface area contributed by atoms with Crippen LogP contribution >= 0.6 is 0 Å². The number of hydrogen-bond acceptors (Lipinski definition) is 3. The van der Waals surface area contributed by atoms with Crippen molar-refractivity contribution < 1.29 is 9.53 Å². The summed E-state index contributed by atoms with van der Waals surface area (Å²) in [5.41, 5.74) is -0.398. The molecule has 4 nitrogen and oxygen atoms in total. The zero-order chi connectivity index (χ0) is 16.9. The topological polar surface area (TPSA) is 41.6 Å². The third-order valence-corrected chi connectivity index (χ3v) is 5.35. The Hall–Kier alpha value is -0.770. The van der Waals surface area contributed by atoms with Gasteiger partial charge in [-0.3, -0.25) is 0 Å². The summed E-state index contributed by atoms with van der Waals surface area (Å²) in [6.07, 6.45) is 9.05. The van der Waals surface area contributed by atoms with Crippen LogP contribution in [0, 0.1) is 11.8 Å². The third-order valence-electron chi connectivity index (χ3n) is 5.35. The average molecular weight is 325 g/mol. The van der Waals surface area contributed by atoms with Gasteiger partial charge in [-0.15, -0.1) is 0 Å². The molecule has 0 aromatic carbocycles. The molecule has 1 saturated carbocycles. The number of nitrogens with zero attached hydrogens (tertiary/aromatic N) is 1. The number of amides is 1. The number of carbonyl (C=O) groups is 1. The predicted octanol–water partition coefficient (Wildman–Crippen LogP) is 4.19. The molecule has 1 aliphatic carbocycles. The van der Waals surface area contributed by atoms with Crippen molar-refractivity contribution in [3.05, 3.63) is 0 Å². The molecule has 23 heavy (non-hydrogen) atoms. The fraction of sp³-hybridized carbons (Fsp3) is 0.947. The van der Waals surface area contributed by atoms with E-state index in [9.17, 15) is 4.79 Å². The molecule has 4 heteroatoms. The minimum absolute atomic E-state index is 0.153. The van der Waals surface area contributed by atoms with Crippen molar-refractivity contribution in [2.45, 2.75) is 84.3 Å². The zero-order valence-corrected chi connectivity index (χ0v) is 15.6. The van der Waals surface area contributed by atoms with Gasteiger partial charge in [0.1, 0.15) is 5.60 Å². The van der Waals surface area contributed by atoms with Gasteiger partial charge in [0.15, 0.2) is 0 Å². The van der Waals surface area contributed by atoms with Crippen LogP contribution in [0.4, 0.5) is 4.79 Å². The highest BCUT2D eigenvalue weighted by Crippen LogP contribution is 2.27. The van der Waals surface area contributed by atoms with Gasteiger partial charge >= 0.3 is 6.09 Å². The standard InChI is InChI=1S/C19H36N2O2/c1-15(17-8-6-5-7-9-17)20-14-16-10-12-21(13-11-16)18(22)23-19(2,3)4/h15-17,20H,5-14H2,1-4H3/t15-/m0/s1. The van der Waals surface area contributed by atoms with E-state index in [-0.39, 0.29) is 6.09 Å². The van der Waals surface area contributed by atoms with Gasteiger partial charge in [0, 0.05) is 19.1 Å². The van der Waals surface area contributed by atoms with Crippen LogP contribution in [0.5, 0.6) is 0 Å². The van der Waals surface area contributed by atoms with Crippen molar-refractivity contribution in [2.75, 3.05) is 19.6 Å². The summed E-state index contributed by atoms with van der Waals surface area (Å²) >= 11 is 0. The monoisotopic (exact) mass is 324 g/mol. The van der Waals surface area contributed by atoms with Gasteiger partial charge in [-0.2, -0.15) is 0 Å². The second-order valence-electron chi connectivity index (χ2n) is 8.51. The molecule has 0 spiro atoms. The number of likely N-dealkylation sites (tertiary alicyclic amines) is 1. The number of piperidine rings is 1. The van der Waals surface area contributed by atoms with E-state index in [1.165, 1.54) is 32.1 Å². The van der Waals surface area contributed by atoms with Crippen LogP contribution in [0.2, 0.25) is 0 Å². The van der Waals surface area contributed by atoms with Crippen molar-refractivity contribution >= 4 is 6.09 Å². The normalized spacial score (nSPS) is 22.9. The molecule has 1 saturated heterocycles. The molecule has 0 bridgehead atoms. The molecule has 1 atom stereocenters. The first-order chi connectivity index (χ1) is 10.8. The van der Waals surface area contributed by atoms with Gasteiger partial charge in [-0.05, 0) is 71.8 Å². The predicted molar refractivity (Wildman–Crippen MR) is 94.6 cm³/mol. The van der Waals surface area contributed by atoms with Gasteiger partial charge in [-0.1, -0.05) is 19.3 Å². The molecular formula is C19H36N2O2. The Morgan fingerprint density at radius 2 is 1.74 bits per heavy atom. The molecule has 1 aliphatic heterocycles. The first-order valence-electron chi connectivity index (χ1n) is 9.56. The number of carbonyl (C=O) groups excluding carboxylic acids is 1. The summed E-state index contributed by atoms with van der Waals surface area (Å²) in [6.45, 7) is 10.9. The Kier molecular flexibility index (Phi) is 6.75. The lowest BCUT2D eigenvalue weighted by Crippen LogP contribution is -2.44. The maximum atomic E-state index is 12.1. The molecule has 0 radical (unpaired) electrons. The Balaban J connectivity index is 1.65. The van der Waals surface area contributed by atoms with E-state index in [0.29, 0.717) is 12.0 Å². The van der Waals surface area contributed by atoms with Crippen LogP contribution < -0.4 is 5.32 Å². The number of hydrogen-bond donors (Lipinski definition) is 1. The van der Waals surface area contributed by atoms with Crippen molar-refractivity contribution in [2.24, 2.45) is 11.8 Å². The maximum Gasteiger partial charge on any atom is 0.410 e. The average Bonchev–Trinajstić information content (AvgIpc) is 2.52. The van der Waals surface area contributed by atoms with Gasteiger partial charge in [0.05, 0.1) is 0 Å². The Morgan fingerprint density at radius 3 is 2.30 bits per heavy atom. The van der Waals surface area contributed by atoms with Crippen LogP contribution in [0.25, 0.3) is 0 Å². The highest BCUT2D eigenvalue weighted by Gasteiger charge is 2.27. The SMILES string of the molecule is C[C@H](NCC1CCN(C(=O)OC(C)(C)C)CC1)C1CCCCC1. The highest BCUT2D eigenvalue weighted by atomic mass is 16.6. The first-order valence-corrected chi connectivity index (χ1v) is 9.56. The quantitative estimate of drug-likeness (QED) is 0.843. The van der Waals surface area contributed by atoms with E-state index in [4.69, 9.17) is 4.74 Å². The van der Waals surface area contributed by atoms with Gasteiger partial charge in [0.2, 0.25) is 0 Å². The molecule has 2 aliphatic rings. The molecule has 2 rings (SSSR count). The van der Waals surface area contributed by atoms with Crippen molar-refractivity contribution in [3.8, 4) is 0 Å². The second kappa shape index (κ2) is 8.36. The molecule has 1 heterocycles. The summed E-state index contributed by atoms with van der Waals surface area (Å²) in [5, 5.41) is 3.77. The lowest BCUT2D eigenvalue weighted by atomic mass is 9.84. The fourth-order valence-corrected chi connectivity index (χ4v) is 3.80. The van der Waals surface area contributed by atoms with E-state index < -0.39 is 5.60 Å². The van der Waals surface area contributed by atoms with Crippen molar-refractivity contribution in [1.29, 1.82) is 0 Å². The zero-order valence-electron chi connectivity index (χ0n) is 15.6. The largest absolute Gasteiger partial charge is 0.444 e. The van der Waals surface area contributed by atoms with Gasteiger partial charge in [-0.25, -0.2) is 4.79 Å². The van der Waals surface area contributed by atoms with E-state index in [0.717, 1.165) is 38.4 Å². The molecule has 0 aromatic heterocycles. The van der Waals surface area contributed by atoms with Gasteiger partial charge < -0.3 is 15.0 Å². The molecule has 1 amide bonds. The van der Waals surface area contributed by atoms with E-state index in [2.05, 4.69) is 12.2 Å². The minimum Gasteiger partial charge on any atom is -0.444 e. The van der Waals surface area contributed by atoms with Crippen LogP contribution in [0.15, 0.2) is 0 Å². The summed E-state index contributed by atoms with van der Waals surface area (Å²) < 4.78 is 5.46. The molecule has 134 valence electrons. The maximum absolute atomic E-state index is 12.1. The number of rotatable bonds is 4. The smallest absolute Gasteiger partial charge is 0.410 e. The molecule has 1 N–H and O–H groups in total.